The number of carbonyl (C=O) groups excluding carboxylic acids is 1. The minimum absolute atomic E-state index is 0.00871. The van der Waals surface area contributed by atoms with Gasteiger partial charge in [0.05, 0.1) is 30.0 Å². The first kappa shape index (κ1) is 20.1. The number of benzene rings is 2. The van der Waals surface area contributed by atoms with Crippen LogP contribution in [0, 0.1) is 0 Å². The molecule has 0 aliphatic heterocycles. The predicted octanol–water partition coefficient (Wildman–Crippen LogP) is 5.16. The Morgan fingerprint density at radius 1 is 1.19 bits per heavy atom. The molecular formula is C18H17ClF3NO3. The van der Waals surface area contributed by atoms with Crippen molar-refractivity contribution in [3.8, 4) is 5.75 Å². The molecule has 2 aromatic carbocycles. The average molecular weight is 388 g/mol. The number of hydrogen-bond acceptors (Lipinski definition) is 3. The average Bonchev–Trinajstić information content (AvgIpc) is 2.60. The van der Waals surface area contributed by atoms with Gasteiger partial charge in [-0.3, -0.25) is 4.79 Å². The van der Waals surface area contributed by atoms with E-state index in [2.05, 4.69) is 5.32 Å². The number of methoxy groups -OCH3 is 1. The molecule has 8 heteroatoms. The van der Waals surface area contributed by atoms with Gasteiger partial charge in [0.15, 0.2) is 0 Å². The lowest BCUT2D eigenvalue weighted by atomic mass is 10.1. The lowest BCUT2D eigenvalue weighted by Gasteiger charge is -2.13. The monoisotopic (exact) mass is 387 g/mol. The summed E-state index contributed by atoms with van der Waals surface area (Å²) < 4.78 is 49.0. The fourth-order valence-electron chi connectivity index (χ4n) is 2.24. The second-order valence-electron chi connectivity index (χ2n) is 5.31. The number of hydrogen-bond donors (Lipinski definition) is 1. The molecule has 0 unspecified atom stereocenters. The van der Waals surface area contributed by atoms with E-state index in [1.807, 2.05) is 6.92 Å². The summed E-state index contributed by atoms with van der Waals surface area (Å²) in [7, 11) is 1.49. The Labute approximate surface area is 153 Å². The van der Waals surface area contributed by atoms with Crippen molar-refractivity contribution in [1.29, 1.82) is 0 Å². The summed E-state index contributed by atoms with van der Waals surface area (Å²) in [5.74, 6) is -0.0428. The fourth-order valence-corrected chi connectivity index (χ4v) is 2.40. The molecule has 26 heavy (non-hydrogen) atoms. The molecule has 0 radical (unpaired) electrons. The highest BCUT2D eigenvalue weighted by Crippen LogP contribution is 2.34. The summed E-state index contributed by atoms with van der Waals surface area (Å²) >= 11 is 5.90. The lowest BCUT2D eigenvalue weighted by molar-refractivity contribution is -0.137. The van der Waals surface area contributed by atoms with Gasteiger partial charge in [-0.2, -0.15) is 13.2 Å². The smallest absolute Gasteiger partial charge is 0.416 e. The first-order chi connectivity index (χ1) is 12.3. The summed E-state index contributed by atoms with van der Waals surface area (Å²) in [5, 5.41) is 2.42. The van der Waals surface area contributed by atoms with Crippen molar-refractivity contribution >= 4 is 23.2 Å². The van der Waals surface area contributed by atoms with Gasteiger partial charge in [0.2, 0.25) is 0 Å². The summed E-state index contributed by atoms with van der Waals surface area (Å²) in [5.41, 5.74) is -0.122. The Morgan fingerprint density at radius 3 is 2.54 bits per heavy atom. The maximum atomic E-state index is 12.8. The van der Waals surface area contributed by atoms with Crippen molar-refractivity contribution < 1.29 is 27.4 Å². The van der Waals surface area contributed by atoms with E-state index in [1.54, 1.807) is 12.1 Å². The lowest BCUT2D eigenvalue weighted by Crippen LogP contribution is -2.14. The zero-order valence-corrected chi connectivity index (χ0v) is 14.9. The Kier molecular flexibility index (Phi) is 6.50. The van der Waals surface area contributed by atoms with Gasteiger partial charge in [0.1, 0.15) is 5.75 Å². The van der Waals surface area contributed by atoms with E-state index in [9.17, 15) is 18.0 Å². The number of carbonyl (C=O) groups is 1. The summed E-state index contributed by atoms with van der Waals surface area (Å²) in [6.45, 7) is 2.56. The van der Waals surface area contributed by atoms with Gasteiger partial charge in [-0.1, -0.05) is 11.6 Å². The second-order valence-corrected chi connectivity index (χ2v) is 5.72. The van der Waals surface area contributed by atoms with Gasteiger partial charge in [0, 0.05) is 17.7 Å². The number of amides is 1. The highest BCUT2D eigenvalue weighted by atomic mass is 35.5. The molecule has 0 aliphatic carbocycles. The van der Waals surface area contributed by atoms with Crippen molar-refractivity contribution in [1.82, 2.24) is 0 Å². The molecule has 0 aromatic heterocycles. The largest absolute Gasteiger partial charge is 0.496 e. The van der Waals surface area contributed by atoms with Crippen LogP contribution in [-0.2, 0) is 17.5 Å². The third-order valence-corrected chi connectivity index (χ3v) is 3.88. The molecule has 0 atom stereocenters. The fraction of sp³-hybridized carbons (Fsp3) is 0.278. The molecule has 4 nitrogen and oxygen atoms in total. The number of ether oxygens (including phenoxy) is 2. The van der Waals surface area contributed by atoms with Crippen molar-refractivity contribution in [2.24, 2.45) is 0 Å². The zero-order valence-electron chi connectivity index (χ0n) is 14.1. The minimum Gasteiger partial charge on any atom is -0.496 e. The van der Waals surface area contributed by atoms with Crippen LogP contribution in [0.2, 0.25) is 5.02 Å². The van der Waals surface area contributed by atoms with Crippen LogP contribution in [-0.4, -0.2) is 19.6 Å². The van der Waals surface area contributed by atoms with Crippen LogP contribution in [0.1, 0.15) is 28.4 Å². The second kappa shape index (κ2) is 8.42. The molecule has 0 saturated carbocycles. The molecule has 140 valence electrons. The van der Waals surface area contributed by atoms with Gasteiger partial charge in [0.25, 0.3) is 5.91 Å². The predicted molar refractivity (Wildman–Crippen MR) is 92.7 cm³/mol. The van der Waals surface area contributed by atoms with Crippen LogP contribution >= 0.6 is 11.6 Å². The van der Waals surface area contributed by atoms with E-state index in [4.69, 9.17) is 21.1 Å². The third kappa shape index (κ3) is 4.89. The van der Waals surface area contributed by atoms with Crippen molar-refractivity contribution in [2.45, 2.75) is 19.7 Å². The molecule has 0 bridgehead atoms. The van der Waals surface area contributed by atoms with Gasteiger partial charge in [-0.25, -0.2) is 0 Å². The third-order valence-electron chi connectivity index (χ3n) is 3.55. The van der Waals surface area contributed by atoms with Crippen molar-refractivity contribution in [3.05, 3.63) is 58.1 Å². The highest BCUT2D eigenvalue weighted by molar-refractivity contribution is 6.34. The first-order valence-corrected chi connectivity index (χ1v) is 8.06. The van der Waals surface area contributed by atoms with Gasteiger partial charge < -0.3 is 14.8 Å². The number of alkyl halides is 3. The molecule has 0 spiro atoms. The quantitative estimate of drug-likeness (QED) is 0.745. The molecule has 1 N–H and O–H groups in total. The minimum atomic E-state index is -4.53. The molecule has 1 amide bonds. The number of halogens is 4. The number of nitrogens with one attached hydrogen (secondary N) is 1. The molecule has 0 saturated heterocycles. The van der Waals surface area contributed by atoms with E-state index < -0.39 is 17.6 Å². The summed E-state index contributed by atoms with van der Waals surface area (Å²) in [6.07, 6.45) is -4.53. The molecule has 0 aliphatic rings. The standard InChI is InChI=1S/C18H17ClF3NO3/c1-3-26-10-12-8-11(4-7-16(12)25-2)17(24)23-15-9-13(18(20,21)22)5-6-14(15)19/h4-9H,3,10H2,1-2H3,(H,23,24). The van der Waals surface area contributed by atoms with Gasteiger partial charge in [-0.15, -0.1) is 0 Å². The zero-order chi connectivity index (χ0) is 19.3. The van der Waals surface area contributed by atoms with Crippen molar-refractivity contribution in [3.63, 3.8) is 0 Å². The normalized spacial score (nSPS) is 11.3. The van der Waals surface area contributed by atoms with E-state index in [0.717, 1.165) is 18.2 Å². The summed E-state index contributed by atoms with van der Waals surface area (Å²) in [4.78, 5) is 12.4. The Hall–Kier alpha value is -2.25. The molecular weight excluding hydrogens is 371 g/mol. The van der Waals surface area contributed by atoms with Gasteiger partial charge in [-0.05, 0) is 43.3 Å². The van der Waals surface area contributed by atoms with Crippen LogP contribution in [0.4, 0.5) is 18.9 Å². The van der Waals surface area contributed by atoms with Crippen LogP contribution in [0.25, 0.3) is 0 Å². The van der Waals surface area contributed by atoms with E-state index >= 15 is 0 Å². The Balaban J connectivity index is 2.27. The van der Waals surface area contributed by atoms with E-state index in [0.29, 0.717) is 17.9 Å². The van der Waals surface area contributed by atoms with Crippen LogP contribution < -0.4 is 10.1 Å². The molecule has 2 aromatic rings. The first-order valence-electron chi connectivity index (χ1n) is 7.69. The maximum absolute atomic E-state index is 12.8. The Bertz CT molecular complexity index is 794. The SMILES string of the molecule is CCOCc1cc(C(=O)Nc2cc(C(F)(F)F)ccc2Cl)ccc1OC. The molecule has 0 heterocycles. The summed E-state index contributed by atoms with van der Waals surface area (Å²) in [6, 6.07) is 7.40. The van der Waals surface area contributed by atoms with E-state index in [1.165, 1.54) is 13.2 Å². The Morgan fingerprint density at radius 2 is 1.92 bits per heavy atom. The van der Waals surface area contributed by atoms with E-state index in [-0.39, 0.29) is 22.9 Å². The number of anilines is 1. The van der Waals surface area contributed by atoms with Gasteiger partial charge >= 0.3 is 6.18 Å². The molecule has 0 fully saturated rings. The van der Waals surface area contributed by atoms with Crippen LogP contribution in [0.5, 0.6) is 5.75 Å². The van der Waals surface area contributed by atoms with Crippen LogP contribution in [0.3, 0.4) is 0 Å². The maximum Gasteiger partial charge on any atom is 0.416 e. The number of rotatable bonds is 6. The topological polar surface area (TPSA) is 47.6 Å². The highest BCUT2D eigenvalue weighted by Gasteiger charge is 2.31. The van der Waals surface area contributed by atoms with Crippen LogP contribution in [0.15, 0.2) is 36.4 Å². The molecule has 2 rings (SSSR count). The van der Waals surface area contributed by atoms with Crippen molar-refractivity contribution in [2.75, 3.05) is 19.0 Å².